The lowest BCUT2D eigenvalue weighted by molar-refractivity contribution is -0.138. The molecule has 0 unspecified atom stereocenters. The second kappa shape index (κ2) is 13.6. The quantitative estimate of drug-likeness (QED) is 0.247. The van der Waals surface area contributed by atoms with E-state index < -0.39 is 41.7 Å². The van der Waals surface area contributed by atoms with Gasteiger partial charge >= 0.3 is 18.4 Å². The van der Waals surface area contributed by atoms with Gasteiger partial charge in [0.15, 0.2) is 0 Å². The smallest absolute Gasteiger partial charge is 0.416 e. The molecule has 15 heteroatoms. The molecule has 3 aromatic rings. The molecule has 0 aliphatic carbocycles. The first-order valence-corrected chi connectivity index (χ1v) is 15.0. The molecule has 47 heavy (non-hydrogen) atoms. The van der Waals surface area contributed by atoms with Crippen molar-refractivity contribution in [1.82, 2.24) is 9.97 Å². The summed E-state index contributed by atoms with van der Waals surface area (Å²) in [6.45, 7) is 5.36. The highest BCUT2D eigenvalue weighted by Crippen LogP contribution is 2.46. The number of hydrogen-bond donors (Lipinski definition) is 0. The van der Waals surface area contributed by atoms with Crippen molar-refractivity contribution < 1.29 is 40.6 Å². The lowest BCUT2D eigenvalue weighted by Gasteiger charge is -2.44. The van der Waals surface area contributed by atoms with Gasteiger partial charge in [0, 0.05) is 25.7 Å². The summed E-state index contributed by atoms with van der Waals surface area (Å²) in [5.74, 6) is 0.0470. The van der Waals surface area contributed by atoms with Crippen molar-refractivity contribution in [2.24, 2.45) is 0 Å². The predicted octanol–water partition coefficient (Wildman–Crippen LogP) is 7.12. The molecular weight excluding hydrogens is 630 g/mol. The summed E-state index contributed by atoms with van der Waals surface area (Å²) in [4.78, 5) is 27.1. The van der Waals surface area contributed by atoms with E-state index in [-0.39, 0.29) is 47.9 Å². The molecule has 9 nitrogen and oxygen atoms in total. The van der Waals surface area contributed by atoms with Crippen molar-refractivity contribution in [1.29, 1.82) is 5.26 Å². The van der Waals surface area contributed by atoms with E-state index in [1.165, 1.54) is 21.9 Å². The van der Waals surface area contributed by atoms with Crippen LogP contribution in [-0.4, -0.2) is 55.0 Å². The van der Waals surface area contributed by atoms with Crippen LogP contribution in [0.2, 0.25) is 0 Å². The topological polar surface area (TPSA) is 94.8 Å². The summed E-state index contributed by atoms with van der Waals surface area (Å²) in [6, 6.07) is 6.25. The van der Waals surface area contributed by atoms with E-state index in [1.807, 2.05) is 11.8 Å². The molecule has 1 aromatic heterocycles. The van der Waals surface area contributed by atoms with Crippen molar-refractivity contribution in [3.63, 3.8) is 0 Å². The second-order valence-electron chi connectivity index (χ2n) is 11.2. The van der Waals surface area contributed by atoms with Crippen molar-refractivity contribution in [3.8, 4) is 6.07 Å². The Balaban J connectivity index is 1.67. The van der Waals surface area contributed by atoms with E-state index in [9.17, 15) is 36.4 Å². The van der Waals surface area contributed by atoms with Crippen molar-refractivity contribution in [3.05, 3.63) is 76.6 Å². The van der Waals surface area contributed by atoms with Crippen LogP contribution in [0.1, 0.15) is 60.5 Å². The number of fused-ring (bicyclic) bond motifs is 1. The fourth-order valence-electron chi connectivity index (χ4n) is 5.96. The summed E-state index contributed by atoms with van der Waals surface area (Å²) in [7, 11) is 0. The molecule has 1 saturated heterocycles. The number of ether oxygens (including phenoxy) is 2. The Hall–Kier alpha value is -4.58. The molecule has 1 fully saturated rings. The maximum absolute atomic E-state index is 14.0. The molecule has 0 radical (unpaired) electrons. The van der Waals surface area contributed by atoms with Gasteiger partial charge in [-0.1, -0.05) is 6.92 Å². The van der Waals surface area contributed by atoms with Crippen LogP contribution >= 0.6 is 0 Å². The van der Waals surface area contributed by atoms with Gasteiger partial charge in [0.1, 0.15) is 0 Å². The minimum atomic E-state index is -4.75. The normalized spacial score (nSPS) is 18.4. The van der Waals surface area contributed by atoms with Crippen molar-refractivity contribution in [2.45, 2.75) is 57.7 Å². The van der Waals surface area contributed by atoms with Crippen molar-refractivity contribution >= 4 is 23.4 Å². The molecule has 1 amide bonds. The van der Waals surface area contributed by atoms with Gasteiger partial charge in [0.05, 0.1) is 72.4 Å². The number of anilines is 3. The number of hydrogen-bond acceptors (Lipinski definition) is 8. The zero-order valence-corrected chi connectivity index (χ0v) is 25.6. The largest absolute Gasteiger partial charge is 0.449 e. The Kier molecular flexibility index (Phi) is 9.81. The third-order valence-corrected chi connectivity index (χ3v) is 8.21. The Morgan fingerprint density at radius 2 is 1.70 bits per heavy atom. The number of nitrogens with zero attached hydrogens (tertiary/aromatic N) is 6. The van der Waals surface area contributed by atoms with Crippen molar-refractivity contribution in [2.75, 3.05) is 47.6 Å². The van der Waals surface area contributed by atoms with Gasteiger partial charge in [-0.25, -0.2) is 14.8 Å². The summed E-state index contributed by atoms with van der Waals surface area (Å²) < 4.78 is 94.3. The molecule has 0 N–H and O–H groups in total. The first-order valence-electron chi connectivity index (χ1n) is 15.0. The van der Waals surface area contributed by atoms with Gasteiger partial charge in [-0.05, 0) is 67.3 Å². The molecule has 2 atom stereocenters. The van der Waals surface area contributed by atoms with Crippen LogP contribution in [-0.2, 0) is 28.4 Å². The third-order valence-electron chi connectivity index (χ3n) is 8.21. The molecule has 3 heterocycles. The van der Waals surface area contributed by atoms with Gasteiger partial charge in [0.2, 0.25) is 5.95 Å². The zero-order chi connectivity index (χ0) is 33.9. The van der Waals surface area contributed by atoms with Gasteiger partial charge in [-0.2, -0.15) is 31.6 Å². The van der Waals surface area contributed by atoms with Gasteiger partial charge < -0.3 is 19.3 Å². The highest BCUT2D eigenvalue weighted by atomic mass is 19.4. The van der Waals surface area contributed by atoms with Crippen LogP contribution in [0.4, 0.5) is 48.5 Å². The van der Waals surface area contributed by atoms with Crippen LogP contribution < -0.4 is 14.7 Å². The summed E-state index contributed by atoms with van der Waals surface area (Å²) >= 11 is 0. The maximum Gasteiger partial charge on any atom is 0.416 e. The molecule has 2 aliphatic heterocycles. The molecule has 250 valence electrons. The number of rotatable bonds is 7. The van der Waals surface area contributed by atoms with E-state index in [1.54, 1.807) is 25.4 Å². The molecule has 2 aliphatic rings. The van der Waals surface area contributed by atoms with Crippen LogP contribution in [0.25, 0.3) is 0 Å². The molecule has 0 spiro atoms. The van der Waals surface area contributed by atoms with E-state index in [2.05, 4.69) is 9.97 Å². The number of aromatic nitrogens is 2. The lowest BCUT2D eigenvalue weighted by atomic mass is 9.87. The fraction of sp³-hybridized carbons (Fsp3) is 0.438. The van der Waals surface area contributed by atoms with Gasteiger partial charge in [-0.15, -0.1) is 0 Å². The Morgan fingerprint density at radius 1 is 1.02 bits per heavy atom. The molecule has 0 bridgehead atoms. The molecule has 0 saturated carbocycles. The Labute approximate surface area is 267 Å². The average Bonchev–Trinajstić information content (AvgIpc) is 3.06. The van der Waals surface area contributed by atoms with Crippen LogP contribution in [0.15, 0.2) is 48.8 Å². The number of benzene rings is 2. The standard InChI is InChI=1S/C32H32F6N6O3/c1-3-24-15-28(26-14-22(31(33,34)35)5-6-27(26)44(24)30(45)47-4-2)43(19-21-11-20(16-39)12-23(13-21)32(36,37)38)29-40-17-25(18-41-29)42-7-9-46-10-8-42/h5-6,11-14,17-18,24,28H,3-4,7-10,15,19H2,1-2H3/t24-,28+/m1/s1. The third kappa shape index (κ3) is 7.38. The molecule has 5 rings (SSSR count). The Bertz CT molecular complexity index is 1620. The van der Waals surface area contributed by atoms with Gasteiger partial charge in [0.25, 0.3) is 0 Å². The number of halogens is 6. The van der Waals surface area contributed by atoms with Crippen LogP contribution in [0.3, 0.4) is 0 Å². The summed E-state index contributed by atoms with van der Waals surface area (Å²) in [6.07, 6.45) is -6.63. The van der Waals surface area contributed by atoms with Crippen LogP contribution in [0, 0.1) is 11.3 Å². The highest BCUT2D eigenvalue weighted by Gasteiger charge is 2.42. The minimum absolute atomic E-state index is 0.0391. The monoisotopic (exact) mass is 662 g/mol. The number of carbonyl (C=O) groups is 1. The molecular formula is C32H32F6N6O3. The predicted molar refractivity (Wildman–Crippen MR) is 160 cm³/mol. The van der Waals surface area contributed by atoms with E-state index in [0.29, 0.717) is 38.4 Å². The highest BCUT2D eigenvalue weighted by molar-refractivity contribution is 5.90. The first kappa shape index (κ1) is 33.8. The number of alkyl halides is 6. The molecule has 2 aromatic carbocycles. The second-order valence-corrected chi connectivity index (χ2v) is 11.2. The van der Waals surface area contributed by atoms with E-state index in [0.717, 1.165) is 24.3 Å². The van der Waals surface area contributed by atoms with E-state index in [4.69, 9.17) is 9.47 Å². The minimum Gasteiger partial charge on any atom is -0.449 e. The van der Waals surface area contributed by atoms with Gasteiger partial charge in [-0.3, -0.25) is 4.90 Å². The fourth-order valence-corrected chi connectivity index (χ4v) is 5.96. The number of morpholine rings is 1. The number of nitriles is 1. The number of carbonyl (C=O) groups excluding carboxylic acids is 1. The first-order chi connectivity index (χ1) is 22.3. The SMILES string of the molecule is CCOC(=O)N1c2ccc(C(F)(F)F)cc2[C@@H](N(Cc2cc(C#N)cc(C(F)(F)F)c2)c2ncc(N3CCOCC3)cn2)C[C@H]1CC. The van der Waals surface area contributed by atoms with E-state index >= 15 is 0 Å². The Morgan fingerprint density at radius 3 is 2.30 bits per heavy atom. The number of amides is 1. The van der Waals surface area contributed by atoms with Crippen LogP contribution in [0.5, 0.6) is 0 Å². The zero-order valence-electron chi connectivity index (χ0n) is 25.6. The summed E-state index contributed by atoms with van der Waals surface area (Å²) in [5, 5.41) is 9.51. The summed E-state index contributed by atoms with van der Waals surface area (Å²) in [5.41, 5.74) is -1.21. The lowest BCUT2D eigenvalue weighted by Crippen LogP contribution is -2.48. The maximum atomic E-state index is 14.0. The average molecular weight is 663 g/mol.